The molecule has 1 aromatic heterocycles. The maximum atomic E-state index is 13.5. The first-order chi connectivity index (χ1) is 13.6. The monoisotopic (exact) mass is 422 g/mol. The number of carbonyl (C=O) groups is 1. The molecular weight excluding hydrogens is 395 g/mol. The lowest BCUT2D eigenvalue weighted by Crippen LogP contribution is -2.38. The van der Waals surface area contributed by atoms with E-state index in [1.54, 1.807) is 23.9 Å². The standard InChI is InChI=1S/C20H27FN4OS2/c1-3-22-20(24-10-5-9-23-19(26)18-6-4-11-28-18)25-13-15-7-8-17(21)12-16(15)14-27-2/h4,6-8,11-12H,3,5,9-10,13-14H2,1-2H3,(H,23,26)(H2,22,24,25). The van der Waals surface area contributed by atoms with Crippen molar-refractivity contribution in [1.29, 1.82) is 0 Å². The summed E-state index contributed by atoms with van der Waals surface area (Å²) in [6.07, 6.45) is 2.79. The number of halogens is 1. The first-order valence-corrected chi connectivity index (χ1v) is 11.5. The Labute approximate surface area is 174 Å². The molecule has 0 saturated heterocycles. The van der Waals surface area contributed by atoms with E-state index in [4.69, 9.17) is 0 Å². The Hall–Kier alpha value is -2.06. The van der Waals surface area contributed by atoms with Crippen LogP contribution in [-0.2, 0) is 12.3 Å². The third kappa shape index (κ3) is 7.52. The minimum atomic E-state index is -0.216. The number of nitrogens with one attached hydrogen (secondary N) is 3. The number of hydrogen-bond donors (Lipinski definition) is 3. The van der Waals surface area contributed by atoms with Crippen molar-refractivity contribution in [2.45, 2.75) is 25.6 Å². The van der Waals surface area contributed by atoms with Crippen LogP contribution >= 0.6 is 23.1 Å². The van der Waals surface area contributed by atoms with Crippen LogP contribution in [0.5, 0.6) is 0 Å². The van der Waals surface area contributed by atoms with E-state index in [0.717, 1.165) is 34.7 Å². The van der Waals surface area contributed by atoms with Crippen molar-refractivity contribution in [3.63, 3.8) is 0 Å². The number of guanidine groups is 1. The molecule has 8 heteroatoms. The smallest absolute Gasteiger partial charge is 0.261 e. The number of amides is 1. The van der Waals surface area contributed by atoms with Crippen molar-refractivity contribution in [3.05, 3.63) is 57.5 Å². The minimum Gasteiger partial charge on any atom is -0.357 e. The van der Waals surface area contributed by atoms with Gasteiger partial charge in [-0.3, -0.25) is 4.79 Å². The van der Waals surface area contributed by atoms with E-state index in [9.17, 15) is 9.18 Å². The van der Waals surface area contributed by atoms with Gasteiger partial charge in [0.05, 0.1) is 11.4 Å². The van der Waals surface area contributed by atoms with E-state index in [-0.39, 0.29) is 11.7 Å². The summed E-state index contributed by atoms with van der Waals surface area (Å²) in [5, 5.41) is 11.3. The molecule has 0 unspecified atom stereocenters. The maximum Gasteiger partial charge on any atom is 0.261 e. The molecule has 5 nitrogen and oxygen atoms in total. The molecule has 3 N–H and O–H groups in total. The number of aliphatic imine (C=N–C) groups is 1. The van der Waals surface area contributed by atoms with Crippen molar-refractivity contribution in [3.8, 4) is 0 Å². The van der Waals surface area contributed by atoms with E-state index in [2.05, 4.69) is 20.9 Å². The van der Waals surface area contributed by atoms with Gasteiger partial charge in [-0.1, -0.05) is 12.1 Å². The highest BCUT2D eigenvalue weighted by Gasteiger charge is 2.06. The molecule has 1 heterocycles. The Kier molecular flexibility index (Phi) is 9.85. The molecule has 0 aliphatic carbocycles. The predicted molar refractivity (Wildman–Crippen MR) is 118 cm³/mol. The fourth-order valence-electron chi connectivity index (χ4n) is 2.54. The average molecular weight is 423 g/mol. The topological polar surface area (TPSA) is 65.5 Å². The molecule has 0 aliphatic rings. The van der Waals surface area contributed by atoms with Crippen LogP contribution in [-0.4, -0.2) is 37.8 Å². The first kappa shape index (κ1) is 22.2. The lowest BCUT2D eigenvalue weighted by molar-refractivity contribution is 0.0957. The van der Waals surface area contributed by atoms with Crippen LogP contribution in [0.15, 0.2) is 40.7 Å². The quantitative estimate of drug-likeness (QED) is 0.311. The van der Waals surface area contributed by atoms with Crippen LogP contribution in [0.25, 0.3) is 0 Å². The van der Waals surface area contributed by atoms with Gasteiger partial charge in [0, 0.05) is 25.4 Å². The van der Waals surface area contributed by atoms with Gasteiger partial charge in [-0.25, -0.2) is 9.38 Å². The van der Waals surface area contributed by atoms with E-state index in [1.807, 2.05) is 30.7 Å². The first-order valence-electron chi connectivity index (χ1n) is 9.24. The Morgan fingerprint density at radius 2 is 2.00 bits per heavy atom. The lowest BCUT2D eigenvalue weighted by Gasteiger charge is -2.12. The summed E-state index contributed by atoms with van der Waals surface area (Å²) in [7, 11) is 0. The van der Waals surface area contributed by atoms with Gasteiger partial charge in [0.25, 0.3) is 5.91 Å². The number of thioether (sulfide) groups is 1. The highest BCUT2D eigenvalue weighted by Crippen LogP contribution is 2.17. The zero-order chi connectivity index (χ0) is 20.2. The van der Waals surface area contributed by atoms with E-state index in [0.29, 0.717) is 25.6 Å². The average Bonchev–Trinajstić information content (AvgIpc) is 3.22. The van der Waals surface area contributed by atoms with Crippen molar-refractivity contribution in [1.82, 2.24) is 16.0 Å². The maximum absolute atomic E-state index is 13.5. The molecule has 0 bridgehead atoms. The third-order valence-electron chi connectivity index (χ3n) is 3.90. The summed E-state index contributed by atoms with van der Waals surface area (Å²) < 4.78 is 13.5. The molecular formula is C20H27FN4OS2. The highest BCUT2D eigenvalue weighted by molar-refractivity contribution is 7.97. The van der Waals surface area contributed by atoms with E-state index >= 15 is 0 Å². The third-order valence-corrected chi connectivity index (χ3v) is 5.36. The molecule has 1 aromatic carbocycles. The van der Waals surface area contributed by atoms with Gasteiger partial charge >= 0.3 is 0 Å². The number of nitrogens with zero attached hydrogens (tertiary/aromatic N) is 1. The molecule has 0 radical (unpaired) electrons. The normalized spacial score (nSPS) is 11.3. The number of rotatable bonds is 10. The van der Waals surface area contributed by atoms with Crippen LogP contribution in [0.4, 0.5) is 4.39 Å². The van der Waals surface area contributed by atoms with E-state index < -0.39 is 0 Å². The molecule has 28 heavy (non-hydrogen) atoms. The molecule has 0 aliphatic heterocycles. The van der Waals surface area contributed by atoms with Gasteiger partial charge in [0.1, 0.15) is 5.82 Å². The van der Waals surface area contributed by atoms with Gasteiger partial charge in [-0.15, -0.1) is 11.3 Å². The zero-order valence-electron chi connectivity index (χ0n) is 16.3. The summed E-state index contributed by atoms with van der Waals surface area (Å²) in [6.45, 7) is 4.54. The molecule has 0 spiro atoms. The number of benzene rings is 1. The summed E-state index contributed by atoms with van der Waals surface area (Å²) in [5.41, 5.74) is 2.00. The predicted octanol–water partition coefficient (Wildman–Crippen LogP) is 3.63. The van der Waals surface area contributed by atoms with Crippen LogP contribution in [0, 0.1) is 5.82 Å². The Morgan fingerprint density at radius 3 is 2.71 bits per heavy atom. The molecule has 0 fully saturated rings. The highest BCUT2D eigenvalue weighted by atomic mass is 32.2. The fraction of sp³-hybridized carbons (Fsp3) is 0.400. The summed E-state index contributed by atoms with van der Waals surface area (Å²) in [4.78, 5) is 17.2. The Morgan fingerprint density at radius 1 is 1.18 bits per heavy atom. The Bertz CT molecular complexity index is 766. The van der Waals surface area contributed by atoms with Gasteiger partial charge in [-0.2, -0.15) is 11.8 Å². The zero-order valence-corrected chi connectivity index (χ0v) is 17.9. The van der Waals surface area contributed by atoms with Crippen LogP contribution < -0.4 is 16.0 Å². The molecule has 1 amide bonds. The van der Waals surface area contributed by atoms with Crippen molar-refractivity contribution < 1.29 is 9.18 Å². The van der Waals surface area contributed by atoms with Crippen LogP contribution in [0.1, 0.15) is 34.1 Å². The van der Waals surface area contributed by atoms with Gasteiger partial charge < -0.3 is 16.0 Å². The molecule has 2 rings (SSSR count). The van der Waals surface area contributed by atoms with Gasteiger partial charge in [0.15, 0.2) is 5.96 Å². The van der Waals surface area contributed by atoms with Gasteiger partial charge in [-0.05, 0) is 54.3 Å². The minimum absolute atomic E-state index is 0.0341. The number of thiophene rings is 1. The molecule has 2 aromatic rings. The second-order valence-electron chi connectivity index (χ2n) is 6.05. The van der Waals surface area contributed by atoms with Gasteiger partial charge in [0.2, 0.25) is 0 Å². The van der Waals surface area contributed by atoms with Crippen molar-refractivity contribution in [2.24, 2.45) is 4.99 Å². The summed E-state index contributed by atoms with van der Waals surface area (Å²) in [5.74, 6) is 1.22. The fourth-order valence-corrected chi connectivity index (χ4v) is 3.76. The second-order valence-corrected chi connectivity index (χ2v) is 7.87. The second kappa shape index (κ2) is 12.4. The molecule has 152 valence electrons. The number of hydrogen-bond acceptors (Lipinski definition) is 4. The van der Waals surface area contributed by atoms with E-state index in [1.165, 1.54) is 17.4 Å². The van der Waals surface area contributed by atoms with Crippen LogP contribution in [0.2, 0.25) is 0 Å². The van der Waals surface area contributed by atoms with Crippen LogP contribution in [0.3, 0.4) is 0 Å². The largest absolute Gasteiger partial charge is 0.357 e. The van der Waals surface area contributed by atoms with Crippen molar-refractivity contribution in [2.75, 3.05) is 25.9 Å². The molecule has 0 saturated carbocycles. The summed E-state index contributed by atoms with van der Waals surface area (Å²) in [6, 6.07) is 8.54. The molecule has 0 atom stereocenters. The SMILES string of the molecule is CCNC(=NCc1ccc(F)cc1CSC)NCCCNC(=O)c1cccs1. The summed E-state index contributed by atoms with van der Waals surface area (Å²) >= 11 is 3.10. The van der Waals surface area contributed by atoms with Crippen molar-refractivity contribution >= 4 is 35.0 Å². The lowest BCUT2D eigenvalue weighted by atomic mass is 10.1. The Balaban J connectivity index is 1.81. The number of carbonyl (C=O) groups excluding carboxylic acids is 1.